The van der Waals surface area contributed by atoms with Crippen LogP contribution < -0.4 is 4.90 Å². The molecule has 0 saturated carbocycles. The van der Waals surface area contributed by atoms with E-state index >= 15 is 0 Å². The van der Waals surface area contributed by atoms with Gasteiger partial charge in [-0.3, -0.25) is 0 Å². The lowest BCUT2D eigenvalue weighted by Gasteiger charge is -2.23. The predicted molar refractivity (Wildman–Crippen MR) is 65.9 cm³/mol. The molecule has 1 aliphatic rings. The lowest BCUT2D eigenvalue weighted by Crippen LogP contribution is -2.28. The van der Waals surface area contributed by atoms with Gasteiger partial charge in [-0.05, 0) is 38.3 Å². The van der Waals surface area contributed by atoms with Crippen molar-refractivity contribution >= 4 is 5.82 Å². The maximum Gasteiger partial charge on any atom is 0.417 e. The number of anilines is 1. The average Bonchev–Trinajstić information content (AvgIpc) is 2.49. The number of pyridine rings is 1. The molecule has 0 radical (unpaired) electrons. The van der Waals surface area contributed by atoms with Crippen LogP contribution in [-0.4, -0.2) is 28.8 Å². The van der Waals surface area contributed by atoms with Crippen LogP contribution in [0.3, 0.4) is 0 Å². The Balaban J connectivity index is 2.10. The fourth-order valence-electron chi connectivity index (χ4n) is 2.23. The second kappa shape index (κ2) is 5.00. The minimum atomic E-state index is -4.35. The molecule has 1 unspecified atom stereocenters. The number of aromatic nitrogens is 1. The van der Waals surface area contributed by atoms with Gasteiger partial charge in [0.15, 0.2) is 0 Å². The molecule has 1 atom stereocenters. The van der Waals surface area contributed by atoms with Crippen molar-refractivity contribution < 1.29 is 18.3 Å². The van der Waals surface area contributed by atoms with Crippen molar-refractivity contribution in [2.75, 3.05) is 18.0 Å². The Labute approximate surface area is 110 Å². The SMILES string of the molecule is CC1(O)CCCN(c2ccc(C(F)(F)F)cn2)CC1. The minimum absolute atomic E-state index is 0.533. The highest BCUT2D eigenvalue weighted by Crippen LogP contribution is 2.30. The van der Waals surface area contributed by atoms with Gasteiger partial charge in [-0.15, -0.1) is 0 Å². The molecular weight excluding hydrogens is 257 g/mol. The number of aliphatic hydroxyl groups is 1. The van der Waals surface area contributed by atoms with Gasteiger partial charge in [-0.2, -0.15) is 13.2 Å². The summed E-state index contributed by atoms with van der Waals surface area (Å²) in [6.07, 6.45) is -1.40. The van der Waals surface area contributed by atoms with Crippen LogP contribution in [-0.2, 0) is 6.18 Å². The largest absolute Gasteiger partial charge is 0.417 e. The summed E-state index contributed by atoms with van der Waals surface area (Å²) in [4.78, 5) is 5.80. The van der Waals surface area contributed by atoms with E-state index in [0.717, 1.165) is 18.7 Å². The first kappa shape index (κ1) is 14.1. The van der Waals surface area contributed by atoms with Crippen LogP contribution in [0.4, 0.5) is 19.0 Å². The average molecular weight is 274 g/mol. The molecule has 1 saturated heterocycles. The Kier molecular flexibility index (Phi) is 3.71. The van der Waals surface area contributed by atoms with Gasteiger partial charge in [0, 0.05) is 19.3 Å². The molecule has 6 heteroatoms. The van der Waals surface area contributed by atoms with E-state index < -0.39 is 17.3 Å². The van der Waals surface area contributed by atoms with E-state index in [1.165, 1.54) is 6.07 Å². The summed E-state index contributed by atoms with van der Waals surface area (Å²) in [6, 6.07) is 2.44. The van der Waals surface area contributed by atoms with Crippen LogP contribution in [0, 0.1) is 0 Å². The third kappa shape index (κ3) is 3.59. The Morgan fingerprint density at radius 1 is 1.26 bits per heavy atom. The van der Waals surface area contributed by atoms with Gasteiger partial charge in [0.05, 0.1) is 11.2 Å². The monoisotopic (exact) mass is 274 g/mol. The van der Waals surface area contributed by atoms with E-state index in [9.17, 15) is 18.3 Å². The van der Waals surface area contributed by atoms with Gasteiger partial charge in [0.25, 0.3) is 0 Å². The lowest BCUT2D eigenvalue weighted by atomic mass is 9.98. The molecule has 1 aliphatic heterocycles. The molecule has 2 heterocycles. The molecule has 1 fully saturated rings. The number of nitrogens with zero attached hydrogens (tertiary/aromatic N) is 2. The smallest absolute Gasteiger partial charge is 0.390 e. The summed E-state index contributed by atoms with van der Waals surface area (Å²) in [7, 11) is 0. The first-order valence-electron chi connectivity index (χ1n) is 6.28. The lowest BCUT2D eigenvalue weighted by molar-refractivity contribution is -0.137. The summed E-state index contributed by atoms with van der Waals surface area (Å²) in [5.41, 5.74) is -1.43. The number of hydrogen-bond donors (Lipinski definition) is 1. The maximum absolute atomic E-state index is 12.4. The maximum atomic E-state index is 12.4. The van der Waals surface area contributed by atoms with E-state index in [-0.39, 0.29) is 0 Å². The zero-order chi connectivity index (χ0) is 14.1. The van der Waals surface area contributed by atoms with E-state index in [1.54, 1.807) is 6.92 Å². The summed E-state index contributed by atoms with van der Waals surface area (Å²) in [5.74, 6) is 0.533. The number of alkyl halides is 3. The van der Waals surface area contributed by atoms with Crippen LogP contribution >= 0.6 is 0 Å². The zero-order valence-electron chi connectivity index (χ0n) is 10.7. The number of hydrogen-bond acceptors (Lipinski definition) is 3. The normalized spacial score (nSPS) is 25.2. The molecule has 19 heavy (non-hydrogen) atoms. The molecular formula is C13H17F3N2O. The van der Waals surface area contributed by atoms with Gasteiger partial charge in [0.2, 0.25) is 0 Å². The second-order valence-electron chi connectivity index (χ2n) is 5.24. The molecule has 0 aromatic carbocycles. The van der Waals surface area contributed by atoms with Gasteiger partial charge >= 0.3 is 6.18 Å². The highest BCUT2D eigenvalue weighted by Gasteiger charge is 2.31. The molecule has 3 nitrogen and oxygen atoms in total. The molecule has 106 valence electrons. The molecule has 0 spiro atoms. The van der Waals surface area contributed by atoms with Crippen molar-refractivity contribution in [2.45, 2.75) is 38.0 Å². The summed E-state index contributed by atoms with van der Waals surface area (Å²) < 4.78 is 37.3. The third-order valence-corrected chi connectivity index (χ3v) is 3.46. The second-order valence-corrected chi connectivity index (χ2v) is 5.24. The Hall–Kier alpha value is -1.30. The molecule has 1 aromatic rings. The van der Waals surface area contributed by atoms with Crippen LogP contribution in [0.25, 0.3) is 0 Å². The van der Waals surface area contributed by atoms with Crippen molar-refractivity contribution in [3.63, 3.8) is 0 Å². The van der Waals surface area contributed by atoms with Crippen LogP contribution in [0.2, 0.25) is 0 Å². The van der Waals surface area contributed by atoms with Crippen LogP contribution in [0.5, 0.6) is 0 Å². The fourth-order valence-corrected chi connectivity index (χ4v) is 2.23. The van der Waals surface area contributed by atoms with Crippen molar-refractivity contribution in [2.24, 2.45) is 0 Å². The number of rotatable bonds is 1. The van der Waals surface area contributed by atoms with Crippen LogP contribution in [0.15, 0.2) is 18.3 Å². The summed E-state index contributed by atoms with van der Waals surface area (Å²) >= 11 is 0. The summed E-state index contributed by atoms with van der Waals surface area (Å²) in [5, 5.41) is 9.97. The van der Waals surface area contributed by atoms with Crippen LogP contribution in [0.1, 0.15) is 31.7 Å². The first-order chi connectivity index (χ1) is 8.78. The minimum Gasteiger partial charge on any atom is -0.390 e. The highest BCUT2D eigenvalue weighted by atomic mass is 19.4. The van der Waals surface area contributed by atoms with Crippen molar-refractivity contribution in [1.29, 1.82) is 0 Å². The Morgan fingerprint density at radius 3 is 2.58 bits per heavy atom. The topological polar surface area (TPSA) is 36.4 Å². The Bertz CT molecular complexity index is 429. The molecule has 2 rings (SSSR count). The van der Waals surface area contributed by atoms with Gasteiger partial charge in [-0.25, -0.2) is 4.98 Å². The fraction of sp³-hybridized carbons (Fsp3) is 0.615. The van der Waals surface area contributed by atoms with Crippen molar-refractivity contribution in [3.8, 4) is 0 Å². The van der Waals surface area contributed by atoms with E-state index in [4.69, 9.17) is 0 Å². The predicted octanol–water partition coefficient (Wildman–Crippen LogP) is 2.84. The zero-order valence-corrected chi connectivity index (χ0v) is 10.7. The summed E-state index contributed by atoms with van der Waals surface area (Å²) in [6.45, 7) is 3.09. The molecule has 0 amide bonds. The third-order valence-electron chi connectivity index (χ3n) is 3.46. The Morgan fingerprint density at radius 2 is 2.00 bits per heavy atom. The first-order valence-corrected chi connectivity index (χ1v) is 6.28. The van der Waals surface area contributed by atoms with E-state index in [0.29, 0.717) is 31.7 Å². The van der Waals surface area contributed by atoms with Crippen molar-refractivity contribution in [3.05, 3.63) is 23.9 Å². The quantitative estimate of drug-likeness (QED) is 0.855. The number of halogens is 3. The van der Waals surface area contributed by atoms with E-state index in [1.807, 2.05) is 4.90 Å². The van der Waals surface area contributed by atoms with Gasteiger partial charge in [-0.1, -0.05) is 0 Å². The van der Waals surface area contributed by atoms with E-state index in [2.05, 4.69) is 4.98 Å². The standard InChI is InChI=1S/C13H17F3N2O/c1-12(19)5-2-7-18(8-6-12)11-4-3-10(9-17-11)13(14,15)16/h3-4,9,19H,2,5-8H2,1H3. The molecule has 1 aromatic heterocycles. The van der Waals surface area contributed by atoms with Gasteiger partial charge in [0.1, 0.15) is 5.82 Å². The molecule has 0 aliphatic carbocycles. The molecule has 0 bridgehead atoms. The molecule has 1 N–H and O–H groups in total. The van der Waals surface area contributed by atoms with Gasteiger partial charge < -0.3 is 10.0 Å². The highest BCUT2D eigenvalue weighted by molar-refractivity contribution is 5.40. The van der Waals surface area contributed by atoms with Crippen molar-refractivity contribution in [1.82, 2.24) is 4.98 Å².